The average molecular weight is 385 g/mol. The summed E-state index contributed by atoms with van der Waals surface area (Å²) in [4.78, 5) is 11.5. The van der Waals surface area contributed by atoms with E-state index in [-0.39, 0.29) is 0 Å². The van der Waals surface area contributed by atoms with Crippen molar-refractivity contribution in [1.29, 1.82) is 0 Å². The number of nitrogens with zero attached hydrogens (tertiary/aromatic N) is 5. The van der Waals surface area contributed by atoms with Crippen LogP contribution in [-0.2, 0) is 0 Å². The summed E-state index contributed by atoms with van der Waals surface area (Å²) in [6.45, 7) is 2.64. The highest BCUT2D eigenvalue weighted by Crippen LogP contribution is 2.28. The molecule has 5 rings (SSSR count). The molecule has 29 heavy (non-hydrogen) atoms. The van der Waals surface area contributed by atoms with E-state index >= 15 is 0 Å². The quantitative estimate of drug-likeness (QED) is 0.517. The first kappa shape index (κ1) is 17.7. The maximum atomic E-state index is 6.00. The Morgan fingerprint density at radius 2 is 1.76 bits per heavy atom. The smallest absolute Gasteiger partial charge is 0.168 e. The third kappa shape index (κ3) is 3.66. The number of anilines is 1. The molecule has 1 fully saturated rings. The van der Waals surface area contributed by atoms with Crippen molar-refractivity contribution in [2.75, 3.05) is 24.6 Å². The Kier molecular flexibility index (Phi) is 4.82. The van der Waals surface area contributed by atoms with Gasteiger partial charge in [-0.25, -0.2) is 14.6 Å². The number of para-hydroxylation sites is 2. The average Bonchev–Trinajstić information content (AvgIpc) is 3.23. The molecule has 0 amide bonds. The molecule has 0 spiro atoms. The molecule has 0 radical (unpaired) electrons. The standard InChI is InChI=1S/C23H23N5O/c1-3-9-19(10-4-1)28-23-21(14-26-28)22(24-17-25-23)27-13-7-8-18(15-27)16-29-20-11-5-2-6-12-20/h1-6,9-12,14,17-18H,7-8,13,15-16H2. The molecule has 0 saturated carbocycles. The zero-order valence-corrected chi connectivity index (χ0v) is 16.2. The Morgan fingerprint density at radius 3 is 2.59 bits per heavy atom. The Labute approximate surface area is 169 Å². The molecule has 1 saturated heterocycles. The van der Waals surface area contributed by atoms with Gasteiger partial charge in [0.15, 0.2) is 5.65 Å². The number of benzene rings is 2. The van der Waals surface area contributed by atoms with Gasteiger partial charge in [0.25, 0.3) is 0 Å². The maximum Gasteiger partial charge on any atom is 0.168 e. The van der Waals surface area contributed by atoms with Crippen molar-refractivity contribution in [3.63, 3.8) is 0 Å². The van der Waals surface area contributed by atoms with E-state index in [4.69, 9.17) is 4.74 Å². The van der Waals surface area contributed by atoms with E-state index in [9.17, 15) is 0 Å². The van der Waals surface area contributed by atoms with Gasteiger partial charge in [-0.3, -0.25) is 0 Å². The lowest BCUT2D eigenvalue weighted by molar-refractivity contribution is 0.228. The van der Waals surface area contributed by atoms with Crippen LogP contribution >= 0.6 is 0 Å². The lowest BCUT2D eigenvalue weighted by Crippen LogP contribution is -2.38. The number of ether oxygens (including phenoxy) is 1. The predicted molar refractivity (Wildman–Crippen MR) is 114 cm³/mol. The van der Waals surface area contributed by atoms with Crippen LogP contribution in [0.25, 0.3) is 16.7 Å². The fourth-order valence-electron chi connectivity index (χ4n) is 3.97. The minimum atomic E-state index is 0.470. The first-order valence-electron chi connectivity index (χ1n) is 10.1. The zero-order chi connectivity index (χ0) is 19.5. The van der Waals surface area contributed by atoms with Gasteiger partial charge in [0.1, 0.15) is 17.9 Å². The molecule has 6 heteroatoms. The topological polar surface area (TPSA) is 56.1 Å². The van der Waals surface area contributed by atoms with Gasteiger partial charge in [-0.2, -0.15) is 5.10 Å². The van der Waals surface area contributed by atoms with Crippen LogP contribution in [0.3, 0.4) is 0 Å². The SMILES string of the molecule is c1ccc(OCC2CCCN(c3ncnc4c3cnn4-c3ccccc3)C2)cc1. The van der Waals surface area contributed by atoms with Crippen LogP contribution in [0.5, 0.6) is 5.75 Å². The van der Waals surface area contributed by atoms with E-state index in [1.165, 1.54) is 6.42 Å². The highest BCUT2D eigenvalue weighted by atomic mass is 16.5. The molecule has 2 aromatic carbocycles. The zero-order valence-electron chi connectivity index (χ0n) is 16.2. The molecular formula is C23H23N5O. The van der Waals surface area contributed by atoms with Crippen LogP contribution in [0.1, 0.15) is 12.8 Å². The van der Waals surface area contributed by atoms with Crippen LogP contribution in [0, 0.1) is 5.92 Å². The van der Waals surface area contributed by atoms with Crippen molar-refractivity contribution in [1.82, 2.24) is 19.7 Å². The molecule has 0 bridgehead atoms. The van der Waals surface area contributed by atoms with Gasteiger partial charge >= 0.3 is 0 Å². The molecule has 0 N–H and O–H groups in total. The van der Waals surface area contributed by atoms with Crippen LogP contribution < -0.4 is 9.64 Å². The summed E-state index contributed by atoms with van der Waals surface area (Å²) < 4.78 is 7.88. The van der Waals surface area contributed by atoms with E-state index in [0.717, 1.165) is 54.4 Å². The third-order valence-corrected chi connectivity index (χ3v) is 5.39. The summed E-state index contributed by atoms with van der Waals surface area (Å²) in [6.07, 6.45) is 5.81. The number of fused-ring (bicyclic) bond motifs is 1. The maximum absolute atomic E-state index is 6.00. The molecule has 1 aliphatic heterocycles. The molecular weight excluding hydrogens is 362 g/mol. The second-order valence-corrected chi connectivity index (χ2v) is 7.40. The predicted octanol–water partition coefficient (Wildman–Crippen LogP) is 4.11. The Morgan fingerprint density at radius 1 is 0.966 bits per heavy atom. The van der Waals surface area contributed by atoms with Crippen molar-refractivity contribution >= 4 is 16.9 Å². The minimum Gasteiger partial charge on any atom is -0.493 e. The molecule has 4 aromatic rings. The van der Waals surface area contributed by atoms with E-state index in [1.54, 1.807) is 6.33 Å². The number of hydrogen-bond donors (Lipinski definition) is 0. The molecule has 3 heterocycles. The largest absolute Gasteiger partial charge is 0.493 e. The van der Waals surface area contributed by atoms with Gasteiger partial charge in [0.2, 0.25) is 0 Å². The van der Waals surface area contributed by atoms with Gasteiger partial charge in [-0.05, 0) is 37.1 Å². The Bertz CT molecular complexity index is 1080. The molecule has 146 valence electrons. The van der Waals surface area contributed by atoms with E-state index in [0.29, 0.717) is 5.92 Å². The second-order valence-electron chi connectivity index (χ2n) is 7.40. The van der Waals surface area contributed by atoms with Crippen LogP contribution in [0.2, 0.25) is 0 Å². The van der Waals surface area contributed by atoms with E-state index in [1.807, 2.05) is 71.5 Å². The minimum absolute atomic E-state index is 0.470. The van der Waals surface area contributed by atoms with Gasteiger partial charge < -0.3 is 9.64 Å². The summed E-state index contributed by atoms with van der Waals surface area (Å²) in [5.41, 5.74) is 1.84. The number of aromatic nitrogens is 4. The van der Waals surface area contributed by atoms with E-state index < -0.39 is 0 Å². The fourth-order valence-corrected chi connectivity index (χ4v) is 3.97. The molecule has 1 aliphatic rings. The summed E-state index contributed by atoms with van der Waals surface area (Å²) in [5, 5.41) is 5.57. The van der Waals surface area contributed by atoms with Crippen molar-refractivity contribution < 1.29 is 4.74 Å². The second kappa shape index (κ2) is 7.91. The third-order valence-electron chi connectivity index (χ3n) is 5.39. The Hall–Kier alpha value is -3.41. The van der Waals surface area contributed by atoms with Gasteiger partial charge in [-0.15, -0.1) is 0 Å². The van der Waals surface area contributed by atoms with Crippen molar-refractivity contribution in [3.05, 3.63) is 73.2 Å². The summed E-state index contributed by atoms with van der Waals surface area (Å²) in [5.74, 6) is 2.36. The molecule has 6 nitrogen and oxygen atoms in total. The van der Waals surface area contributed by atoms with E-state index in [2.05, 4.69) is 20.0 Å². The lowest BCUT2D eigenvalue weighted by Gasteiger charge is -2.33. The fraction of sp³-hybridized carbons (Fsp3) is 0.261. The summed E-state index contributed by atoms with van der Waals surface area (Å²) in [7, 11) is 0. The first-order valence-corrected chi connectivity index (χ1v) is 10.1. The molecule has 2 aromatic heterocycles. The van der Waals surface area contributed by atoms with Crippen molar-refractivity contribution in [3.8, 4) is 11.4 Å². The summed E-state index contributed by atoms with van der Waals surface area (Å²) in [6, 6.07) is 20.1. The highest BCUT2D eigenvalue weighted by Gasteiger charge is 2.24. The number of rotatable bonds is 5. The first-order chi connectivity index (χ1) is 14.4. The van der Waals surface area contributed by atoms with Crippen LogP contribution in [0.4, 0.5) is 5.82 Å². The van der Waals surface area contributed by atoms with Crippen LogP contribution in [0.15, 0.2) is 73.2 Å². The molecule has 0 aliphatic carbocycles. The van der Waals surface area contributed by atoms with Gasteiger partial charge in [0.05, 0.1) is 23.9 Å². The number of hydrogen-bond acceptors (Lipinski definition) is 5. The monoisotopic (exact) mass is 385 g/mol. The molecule has 1 atom stereocenters. The lowest BCUT2D eigenvalue weighted by atomic mass is 9.99. The normalized spacial score (nSPS) is 16.8. The highest BCUT2D eigenvalue weighted by molar-refractivity contribution is 5.87. The van der Waals surface area contributed by atoms with Crippen molar-refractivity contribution in [2.45, 2.75) is 12.8 Å². The van der Waals surface area contributed by atoms with Gasteiger partial charge in [0, 0.05) is 19.0 Å². The Balaban J connectivity index is 1.37. The van der Waals surface area contributed by atoms with Crippen LogP contribution in [-0.4, -0.2) is 39.4 Å². The number of piperidine rings is 1. The summed E-state index contributed by atoms with van der Waals surface area (Å²) >= 11 is 0. The van der Waals surface area contributed by atoms with Crippen molar-refractivity contribution in [2.24, 2.45) is 5.92 Å². The van der Waals surface area contributed by atoms with Gasteiger partial charge in [-0.1, -0.05) is 36.4 Å². The molecule has 1 unspecified atom stereocenters.